The standard InChI is InChI=1S/C6H15N.ClH.3FH/c1-4-7(5-2)6-3;;;;/h4-6H2,1-3H3;4*1H. The highest BCUT2D eigenvalue weighted by molar-refractivity contribution is 5.85. The molecule has 0 aromatic carbocycles. The monoisotopic (exact) mass is 197 g/mol. The van der Waals surface area contributed by atoms with Crippen LogP contribution in [-0.2, 0) is 0 Å². The van der Waals surface area contributed by atoms with Crippen molar-refractivity contribution in [3.8, 4) is 0 Å². The SMILES string of the molecule is CCN(CC)CC.Cl.F.F.F. The Kier molecular flexibility index (Phi) is 62.4. The van der Waals surface area contributed by atoms with Crippen molar-refractivity contribution in [2.24, 2.45) is 0 Å². The highest BCUT2D eigenvalue weighted by atomic mass is 35.5. The van der Waals surface area contributed by atoms with E-state index in [0.29, 0.717) is 0 Å². The van der Waals surface area contributed by atoms with Gasteiger partial charge in [0.05, 0.1) is 0 Å². The van der Waals surface area contributed by atoms with Gasteiger partial charge in [0, 0.05) is 0 Å². The van der Waals surface area contributed by atoms with E-state index in [1.807, 2.05) is 0 Å². The van der Waals surface area contributed by atoms with Gasteiger partial charge in [-0.2, -0.15) is 0 Å². The first-order valence-corrected chi connectivity index (χ1v) is 3.07. The van der Waals surface area contributed by atoms with Gasteiger partial charge in [0.2, 0.25) is 0 Å². The third-order valence-corrected chi connectivity index (χ3v) is 1.34. The maximum Gasteiger partial charge on any atom is -0.00474 e. The van der Waals surface area contributed by atoms with Gasteiger partial charge in [-0.15, -0.1) is 12.4 Å². The fourth-order valence-electron chi connectivity index (χ4n) is 0.671. The summed E-state index contributed by atoms with van der Waals surface area (Å²) in [5.74, 6) is 0. The van der Waals surface area contributed by atoms with Crippen LogP contribution in [-0.4, -0.2) is 24.5 Å². The summed E-state index contributed by atoms with van der Waals surface area (Å²) in [6.07, 6.45) is 0. The molecule has 0 N–H and O–H groups in total. The number of hydrogen-bond donors (Lipinski definition) is 0. The zero-order valence-electron chi connectivity index (χ0n) is 7.20. The molecule has 0 saturated carbocycles. The summed E-state index contributed by atoms with van der Waals surface area (Å²) in [6.45, 7) is 10.1. The number of hydrogen-bond acceptors (Lipinski definition) is 1. The van der Waals surface area contributed by atoms with Gasteiger partial charge in [0.25, 0.3) is 0 Å². The molecular weight excluding hydrogens is 179 g/mol. The van der Waals surface area contributed by atoms with Crippen LogP contribution < -0.4 is 0 Å². The molecule has 0 bridgehead atoms. The molecule has 11 heavy (non-hydrogen) atoms. The lowest BCUT2D eigenvalue weighted by Crippen LogP contribution is -2.21. The van der Waals surface area contributed by atoms with Crippen LogP contribution in [0.3, 0.4) is 0 Å². The van der Waals surface area contributed by atoms with E-state index in [-0.39, 0.29) is 26.5 Å². The van der Waals surface area contributed by atoms with E-state index < -0.39 is 0 Å². The van der Waals surface area contributed by atoms with E-state index in [2.05, 4.69) is 25.7 Å². The van der Waals surface area contributed by atoms with Gasteiger partial charge in [0.15, 0.2) is 0 Å². The predicted molar refractivity (Wildman–Crippen MR) is 48.2 cm³/mol. The summed E-state index contributed by atoms with van der Waals surface area (Å²) in [6, 6.07) is 0. The minimum atomic E-state index is 0. The summed E-state index contributed by atoms with van der Waals surface area (Å²) >= 11 is 0. The van der Waals surface area contributed by atoms with Gasteiger partial charge in [-0.1, -0.05) is 20.8 Å². The molecular formula is C6H19ClF3N. The zero-order valence-corrected chi connectivity index (χ0v) is 8.02. The maximum atomic E-state index is 2.38. The van der Waals surface area contributed by atoms with Crippen LogP contribution >= 0.6 is 12.4 Å². The molecule has 5 heteroatoms. The van der Waals surface area contributed by atoms with E-state index in [4.69, 9.17) is 0 Å². The fraction of sp³-hybridized carbons (Fsp3) is 1.00. The summed E-state index contributed by atoms with van der Waals surface area (Å²) in [5.41, 5.74) is 0. The Morgan fingerprint density at radius 3 is 0.909 bits per heavy atom. The van der Waals surface area contributed by atoms with Crippen molar-refractivity contribution in [3.63, 3.8) is 0 Å². The molecule has 0 aliphatic carbocycles. The minimum absolute atomic E-state index is 0. The fourth-order valence-corrected chi connectivity index (χ4v) is 0.671. The van der Waals surface area contributed by atoms with Gasteiger partial charge in [0.1, 0.15) is 0 Å². The summed E-state index contributed by atoms with van der Waals surface area (Å²) in [7, 11) is 0. The first-order valence-electron chi connectivity index (χ1n) is 3.07. The average molecular weight is 198 g/mol. The largest absolute Gasteiger partial charge is 0.304 e. The highest BCUT2D eigenvalue weighted by Crippen LogP contribution is 1.81. The zero-order chi connectivity index (χ0) is 5.70. The van der Waals surface area contributed by atoms with Gasteiger partial charge in [-0.3, -0.25) is 14.1 Å². The molecule has 0 unspecified atom stereocenters. The molecule has 0 fully saturated rings. The lowest BCUT2D eigenvalue weighted by molar-refractivity contribution is 0.321. The predicted octanol–water partition coefficient (Wildman–Crippen LogP) is 2.23. The van der Waals surface area contributed by atoms with Crippen molar-refractivity contribution >= 4 is 12.4 Å². The van der Waals surface area contributed by atoms with Crippen LogP contribution in [0.4, 0.5) is 14.1 Å². The van der Waals surface area contributed by atoms with Crippen LogP contribution in [0.1, 0.15) is 20.8 Å². The third kappa shape index (κ3) is 17.8. The van der Waals surface area contributed by atoms with Crippen molar-refractivity contribution in [2.45, 2.75) is 20.8 Å². The second kappa shape index (κ2) is 22.5. The summed E-state index contributed by atoms with van der Waals surface area (Å²) < 4.78 is 0. The van der Waals surface area contributed by atoms with E-state index in [1.165, 1.54) is 19.6 Å². The molecule has 0 radical (unpaired) electrons. The van der Waals surface area contributed by atoms with Gasteiger partial charge < -0.3 is 4.90 Å². The van der Waals surface area contributed by atoms with Gasteiger partial charge >= 0.3 is 0 Å². The second-order valence-corrected chi connectivity index (χ2v) is 1.62. The first kappa shape index (κ1) is 30.5. The summed E-state index contributed by atoms with van der Waals surface area (Å²) in [5, 5.41) is 0. The molecule has 0 aliphatic heterocycles. The molecule has 0 amide bonds. The molecule has 76 valence electrons. The Labute approximate surface area is 72.7 Å². The molecule has 1 nitrogen and oxygen atoms in total. The Balaban J connectivity index is -0.0000000300. The van der Waals surface area contributed by atoms with E-state index >= 15 is 0 Å². The molecule has 0 aromatic heterocycles. The van der Waals surface area contributed by atoms with Crippen molar-refractivity contribution in [3.05, 3.63) is 0 Å². The van der Waals surface area contributed by atoms with E-state index in [1.54, 1.807) is 0 Å². The molecule has 0 spiro atoms. The van der Waals surface area contributed by atoms with Crippen LogP contribution in [0.25, 0.3) is 0 Å². The Morgan fingerprint density at radius 2 is 0.909 bits per heavy atom. The number of nitrogens with zero attached hydrogens (tertiary/aromatic N) is 1. The first-order chi connectivity index (χ1) is 3.35. The highest BCUT2D eigenvalue weighted by Gasteiger charge is 1.89. The van der Waals surface area contributed by atoms with E-state index in [0.717, 1.165) is 0 Å². The van der Waals surface area contributed by atoms with Crippen LogP contribution in [0.2, 0.25) is 0 Å². The Hall–Kier alpha value is 0.0400. The molecule has 0 aliphatic rings. The third-order valence-electron chi connectivity index (χ3n) is 1.34. The van der Waals surface area contributed by atoms with Crippen LogP contribution in [0.15, 0.2) is 0 Å². The average Bonchev–Trinajstić information content (AvgIpc) is 1.72. The lowest BCUT2D eigenvalue weighted by atomic mass is 10.5. The molecule has 0 rings (SSSR count). The topological polar surface area (TPSA) is 3.24 Å². The lowest BCUT2D eigenvalue weighted by Gasteiger charge is -2.13. The van der Waals surface area contributed by atoms with Crippen molar-refractivity contribution in [1.82, 2.24) is 4.90 Å². The van der Waals surface area contributed by atoms with Gasteiger partial charge in [-0.25, -0.2) is 0 Å². The molecule has 0 heterocycles. The van der Waals surface area contributed by atoms with Crippen molar-refractivity contribution in [1.29, 1.82) is 0 Å². The van der Waals surface area contributed by atoms with Crippen molar-refractivity contribution in [2.75, 3.05) is 19.6 Å². The smallest absolute Gasteiger partial charge is 0.00474 e. The molecule has 0 atom stereocenters. The quantitative estimate of drug-likeness (QED) is 0.671. The number of halogens is 4. The Morgan fingerprint density at radius 1 is 0.727 bits per heavy atom. The summed E-state index contributed by atoms with van der Waals surface area (Å²) in [4.78, 5) is 2.38. The molecule has 0 saturated heterocycles. The molecule has 0 aromatic rings. The number of rotatable bonds is 3. The maximum absolute atomic E-state index is 2.38. The van der Waals surface area contributed by atoms with Gasteiger partial charge in [-0.05, 0) is 19.6 Å². The normalized spacial score (nSPS) is 6.55. The Bertz CT molecular complexity index is 39.3. The van der Waals surface area contributed by atoms with Crippen molar-refractivity contribution < 1.29 is 14.1 Å². The minimum Gasteiger partial charge on any atom is -0.304 e. The van der Waals surface area contributed by atoms with Crippen LogP contribution in [0.5, 0.6) is 0 Å². The second-order valence-electron chi connectivity index (χ2n) is 1.62. The van der Waals surface area contributed by atoms with Crippen LogP contribution in [0, 0.1) is 0 Å². The van der Waals surface area contributed by atoms with E-state index in [9.17, 15) is 0 Å².